The van der Waals surface area contributed by atoms with Gasteiger partial charge in [0.1, 0.15) is 0 Å². The summed E-state index contributed by atoms with van der Waals surface area (Å²) in [4.78, 5) is 18.2. The molecule has 0 saturated heterocycles. The van der Waals surface area contributed by atoms with Gasteiger partial charge in [-0.3, -0.25) is 0 Å². The lowest BCUT2D eigenvalue weighted by atomic mass is 9.94. The number of carboxylic acid groups (broad SMARTS) is 2. The van der Waals surface area contributed by atoms with E-state index in [1.54, 1.807) is 0 Å². The van der Waals surface area contributed by atoms with Crippen LogP contribution in [0.5, 0.6) is 0 Å². The van der Waals surface area contributed by atoms with Gasteiger partial charge in [0.2, 0.25) is 0 Å². The lowest BCUT2D eigenvalue weighted by molar-refractivity contribution is -0.159. The minimum Gasteiger partial charge on any atom is -0.473 e. The predicted molar refractivity (Wildman–Crippen MR) is 53.2 cm³/mol. The van der Waals surface area contributed by atoms with Crippen LogP contribution in [-0.4, -0.2) is 28.7 Å². The van der Waals surface area contributed by atoms with Crippen molar-refractivity contribution in [2.75, 3.05) is 6.54 Å². The van der Waals surface area contributed by atoms with Crippen molar-refractivity contribution in [3.05, 3.63) is 12.2 Å². The fourth-order valence-corrected chi connectivity index (χ4v) is 2.17. The Morgan fingerprint density at radius 3 is 2.00 bits per heavy atom. The van der Waals surface area contributed by atoms with Gasteiger partial charge in [0.15, 0.2) is 0 Å². The molecule has 15 heavy (non-hydrogen) atoms. The molecule has 3 atom stereocenters. The molecule has 5 heteroatoms. The number of hydrogen-bond donors (Lipinski definition) is 3. The van der Waals surface area contributed by atoms with Crippen molar-refractivity contribution in [1.29, 1.82) is 0 Å². The lowest BCUT2D eigenvalue weighted by Gasteiger charge is -2.14. The van der Waals surface area contributed by atoms with Crippen molar-refractivity contribution in [2.45, 2.75) is 12.8 Å². The molecule has 1 saturated carbocycles. The Morgan fingerprint density at radius 1 is 1.20 bits per heavy atom. The van der Waals surface area contributed by atoms with Gasteiger partial charge in [-0.1, -0.05) is 12.2 Å². The summed E-state index contributed by atoms with van der Waals surface area (Å²) in [7, 11) is 0. The molecule has 4 N–H and O–H groups in total. The molecule has 0 unspecified atom stereocenters. The van der Waals surface area contributed by atoms with Crippen LogP contribution in [0.4, 0.5) is 0 Å². The summed E-state index contributed by atoms with van der Waals surface area (Å²) in [6, 6.07) is 0. The summed E-state index contributed by atoms with van der Waals surface area (Å²) in [6.07, 6.45) is 7.46. The molecule has 0 aromatic rings. The summed E-state index contributed by atoms with van der Waals surface area (Å²) >= 11 is 0. The van der Waals surface area contributed by atoms with Gasteiger partial charge in [-0.15, -0.1) is 0 Å². The molecule has 2 aliphatic rings. The van der Waals surface area contributed by atoms with Gasteiger partial charge in [-0.25, -0.2) is 9.59 Å². The first kappa shape index (κ1) is 11.7. The number of nitrogens with two attached hydrogens (primary N) is 1. The zero-order valence-corrected chi connectivity index (χ0v) is 8.30. The van der Waals surface area contributed by atoms with E-state index in [1.165, 1.54) is 12.8 Å². The normalized spacial score (nSPS) is 30.9. The van der Waals surface area contributed by atoms with E-state index in [-0.39, 0.29) is 0 Å². The summed E-state index contributed by atoms with van der Waals surface area (Å²) in [5.41, 5.74) is 5.59. The zero-order valence-electron chi connectivity index (χ0n) is 8.30. The van der Waals surface area contributed by atoms with Crippen LogP contribution in [0.1, 0.15) is 12.8 Å². The molecular weight excluding hydrogens is 198 g/mol. The fourth-order valence-electron chi connectivity index (χ4n) is 2.17. The van der Waals surface area contributed by atoms with Crippen LogP contribution >= 0.6 is 0 Å². The highest BCUT2D eigenvalue weighted by Gasteiger charge is 2.34. The maximum atomic E-state index is 9.10. The van der Waals surface area contributed by atoms with Crippen molar-refractivity contribution < 1.29 is 19.8 Å². The maximum absolute atomic E-state index is 9.10. The quantitative estimate of drug-likeness (QED) is 0.430. The Balaban J connectivity index is 0.000000167. The van der Waals surface area contributed by atoms with Crippen LogP contribution < -0.4 is 5.73 Å². The average Bonchev–Trinajstić information content (AvgIpc) is 2.79. The molecule has 0 heterocycles. The van der Waals surface area contributed by atoms with Gasteiger partial charge in [-0.2, -0.15) is 0 Å². The predicted octanol–water partition coefficient (Wildman–Crippen LogP) is 0.313. The number of hydrogen-bond acceptors (Lipinski definition) is 3. The van der Waals surface area contributed by atoms with Crippen LogP contribution in [0.2, 0.25) is 0 Å². The second-order valence-electron chi connectivity index (χ2n) is 3.89. The Kier molecular flexibility index (Phi) is 3.85. The first-order chi connectivity index (χ1) is 7.04. The smallest absolute Gasteiger partial charge is 0.414 e. The highest BCUT2D eigenvalue weighted by atomic mass is 16.4. The van der Waals surface area contributed by atoms with Crippen LogP contribution in [0.3, 0.4) is 0 Å². The van der Waals surface area contributed by atoms with Gasteiger partial charge in [0, 0.05) is 0 Å². The van der Waals surface area contributed by atoms with Crippen LogP contribution in [0, 0.1) is 17.8 Å². The third kappa shape index (κ3) is 3.06. The molecule has 1 fully saturated rings. The average molecular weight is 213 g/mol. The van der Waals surface area contributed by atoms with Crippen molar-refractivity contribution in [3.63, 3.8) is 0 Å². The molecule has 0 spiro atoms. The molecule has 0 radical (unpaired) electrons. The molecule has 2 aliphatic carbocycles. The van der Waals surface area contributed by atoms with E-state index in [2.05, 4.69) is 12.2 Å². The standard InChI is InChI=1S/C8H13N.C2H2O4/c9-5-8-4-6-1-2-7(8)3-6;3-1(4)2(5)6/h1-2,6-8H,3-5,9H2;(H,3,4)(H,5,6)/t6-,7+,8-;/m1./s1. The number of aliphatic carboxylic acids is 2. The van der Waals surface area contributed by atoms with Crippen LogP contribution in [-0.2, 0) is 9.59 Å². The van der Waals surface area contributed by atoms with E-state index in [9.17, 15) is 0 Å². The summed E-state index contributed by atoms with van der Waals surface area (Å²) in [6.45, 7) is 0.894. The molecule has 2 bridgehead atoms. The van der Waals surface area contributed by atoms with Gasteiger partial charge < -0.3 is 15.9 Å². The maximum Gasteiger partial charge on any atom is 0.414 e. The number of rotatable bonds is 1. The van der Waals surface area contributed by atoms with Gasteiger partial charge >= 0.3 is 11.9 Å². The Labute approximate surface area is 87.6 Å². The number of fused-ring (bicyclic) bond motifs is 2. The number of carbonyl (C=O) groups is 2. The lowest BCUT2D eigenvalue weighted by Crippen LogP contribution is -2.17. The van der Waals surface area contributed by atoms with Gasteiger partial charge in [0.05, 0.1) is 0 Å². The Bertz CT molecular complexity index is 275. The third-order valence-electron chi connectivity index (χ3n) is 2.90. The van der Waals surface area contributed by atoms with E-state index in [0.29, 0.717) is 0 Å². The summed E-state index contributed by atoms with van der Waals surface area (Å²) in [5, 5.41) is 14.8. The molecule has 0 amide bonds. The van der Waals surface area contributed by atoms with E-state index in [0.717, 1.165) is 24.3 Å². The first-order valence-electron chi connectivity index (χ1n) is 4.89. The minimum absolute atomic E-state index is 0.819. The van der Waals surface area contributed by atoms with Crippen molar-refractivity contribution in [1.82, 2.24) is 0 Å². The summed E-state index contributed by atoms with van der Waals surface area (Å²) in [5.74, 6) is -1.09. The number of allylic oxidation sites excluding steroid dienone is 2. The SMILES string of the molecule is NC[C@H]1C[C@@H]2C=C[C@H]1C2.O=C(O)C(=O)O. The highest BCUT2D eigenvalue weighted by molar-refractivity contribution is 6.27. The van der Waals surface area contributed by atoms with Crippen molar-refractivity contribution in [3.8, 4) is 0 Å². The fraction of sp³-hybridized carbons (Fsp3) is 0.600. The largest absolute Gasteiger partial charge is 0.473 e. The Hall–Kier alpha value is -1.36. The van der Waals surface area contributed by atoms with E-state index in [1.807, 2.05) is 0 Å². The van der Waals surface area contributed by atoms with Crippen LogP contribution in [0.15, 0.2) is 12.2 Å². The minimum atomic E-state index is -1.82. The van der Waals surface area contributed by atoms with Crippen LogP contribution in [0.25, 0.3) is 0 Å². The monoisotopic (exact) mass is 213 g/mol. The zero-order chi connectivity index (χ0) is 11.4. The van der Waals surface area contributed by atoms with E-state index < -0.39 is 11.9 Å². The molecule has 0 aromatic heterocycles. The van der Waals surface area contributed by atoms with E-state index in [4.69, 9.17) is 25.5 Å². The highest BCUT2D eigenvalue weighted by Crippen LogP contribution is 2.42. The van der Waals surface area contributed by atoms with E-state index >= 15 is 0 Å². The van der Waals surface area contributed by atoms with Gasteiger partial charge in [-0.05, 0) is 37.1 Å². The second kappa shape index (κ2) is 4.93. The molecule has 0 aliphatic heterocycles. The third-order valence-corrected chi connectivity index (χ3v) is 2.90. The summed E-state index contributed by atoms with van der Waals surface area (Å²) < 4.78 is 0. The Morgan fingerprint density at radius 2 is 1.80 bits per heavy atom. The first-order valence-corrected chi connectivity index (χ1v) is 4.89. The topological polar surface area (TPSA) is 101 Å². The molecular formula is C10H15NO4. The molecule has 2 rings (SSSR count). The second-order valence-corrected chi connectivity index (χ2v) is 3.89. The number of carboxylic acids is 2. The van der Waals surface area contributed by atoms with Crippen molar-refractivity contribution in [2.24, 2.45) is 23.5 Å². The van der Waals surface area contributed by atoms with Gasteiger partial charge in [0.25, 0.3) is 0 Å². The molecule has 84 valence electrons. The molecule has 0 aromatic carbocycles. The molecule has 5 nitrogen and oxygen atoms in total. The van der Waals surface area contributed by atoms with Crippen molar-refractivity contribution >= 4 is 11.9 Å².